The number of aryl methyl sites for hydroxylation is 2. The van der Waals surface area contributed by atoms with Crippen molar-refractivity contribution < 1.29 is 18.0 Å². The third kappa shape index (κ3) is 5.19. The Morgan fingerprint density at radius 1 is 1.21 bits per heavy atom. The lowest BCUT2D eigenvalue weighted by atomic mass is 10.1. The van der Waals surface area contributed by atoms with Crippen molar-refractivity contribution in [1.29, 1.82) is 0 Å². The van der Waals surface area contributed by atoms with Crippen molar-refractivity contribution >= 4 is 44.8 Å². The van der Waals surface area contributed by atoms with E-state index in [0.29, 0.717) is 17.1 Å². The zero-order chi connectivity index (χ0) is 21.2. The highest BCUT2D eigenvalue weighted by molar-refractivity contribution is 7.99. The normalized spacial score (nSPS) is 16.5. The number of fused-ring (bicyclic) bond motifs is 1. The van der Waals surface area contributed by atoms with Gasteiger partial charge in [-0.15, -0.1) is 11.8 Å². The molecule has 0 saturated heterocycles. The molecule has 2 aromatic carbocycles. The van der Waals surface area contributed by atoms with Crippen LogP contribution in [0.15, 0.2) is 46.2 Å². The first kappa shape index (κ1) is 21.4. The third-order valence-electron chi connectivity index (χ3n) is 4.77. The van der Waals surface area contributed by atoms with Gasteiger partial charge in [-0.2, -0.15) is 0 Å². The Labute approximate surface area is 175 Å². The second kappa shape index (κ2) is 8.59. The SMILES string of the molecule is Cc1ccc(C)c(NC(=O)CCS(=O)(=O)c2ccc3c(c2)NC(=O)[C@H](C)CS3)c1. The highest BCUT2D eigenvalue weighted by Crippen LogP contribution is 2.34. The highest BCUT2D eigenvalue weighted by atomic mass is 32.2. The molecule has 3 rings (SSSR count). The van der Waals surface area contributed by atoms with E-state index in [1.165, 1.54) is 23.9 Å². The Hall–Kier alpha value is -2.32. The molecule has 154 valence electrons. The smallest absolute Gasteiger partial charge is 0.228 e. The summed E-state index contributed by atoms with van der Waals surface area (Å²) in [6.45, 7) is 5.64. The molecule has 1 aliphatic rings. The molecule has 2 aromatic rings. The summed E-state index contributed by atoms with van der Waals surface area (Å²) >= 11 is 1.52. The lowest BCUT2D eigenvalue weighted by Gasteiger charge is -2.11. The van der Waals surface area contributed by atoms with Crippen LogP contribution in [0.3, 0.4) is 0 Å². The van der Waals surface area contributed by atoms with Crippen LogP contribution >= 0.6 is 11.8 Å². The van der Waals surface area contributed by atoms with Crippen molar-refractivity contribution in [2.75, 3.05) is 22.1 Å². The predicted octanol–water partition coefficient (Wildman–Crippen LogP) is 3.79. The maximum Gasteiger partial charge on any atom is 0.228 e. The van der Waals surface area contributed by atoms with Gasteiger partial charge >= 0.3 is 0 Å². The molecule has 29 heavy (non-hydrogen) atoms. The average Bonchev–Trinajstić information content (AvgIpc) is 2.81. The number of sulfone groups is 1. The van der Waals surface area contributed by atoms with Crippen molar-refractivity contribution in [3.05, 3.63) is 47.5 Å². The Balaban J connectivity index is 1.70. The molecule has 0 bridgehead atoms. The van der Waals surface area contributed by atoms with E-state index in [2.05, 4.69) is 10.6 Å². The second-order valence-electron chi connectivity index (χ2n) is 7.29. The topological polar surface area (TPSA) is 92.3 Å². The fraction of sp³-hybridized carbons (Fsp3) is 0.333. The number of nitrogens with one attached hydrogen (secondary N) is 2. The van der Waals surface area contributed by atoms with E-state index in [-0.39, 0.29) is 34.8 Å². The van der Waals surface area contributed by atoms with Gasteiger partial charge in [0, 0.05) is 28.7 Å². The number of anilines is 2. The molecule has 6 nitrogen and oxygen atoms in total. The van der Waals surface area contributed by atoms with E-state index in [0.717, 1.165) is 16.0 Å². The van der Waals surface area contributed by atoms with Crippen LogP contribution in [0.5, 0.6) is 0 Å². The number of carbonyl (C=O) groups is 2. The molecule has 0 spiro atoms. The molecule has 1 aliphatic heterocycles. The van der Waals surface area contributed by atoms with Gasteiger partial charge in [0.25, 0.3) is 0 Å². The fourth-order valence-electron chi connectivity index (χ4n) is 2.90. The summed E-state index contributed by atoms with van der Waals surface area (Å²) in [5.41, 5.74) is 3.12. The van der Waals surface area contributed by atoms with Crippen LogP contribution in [-0.2, 0) is 19.4 Å². The number of benzene rings is 2. The van der Waals surface area contributed by atoms with Crippen LogP contribution in [-0.4, -0.2) is 31.7 Å². The van der Waals surface area contributed by atoms with E-state index >= 15 is 0 Å². The van der Waals surface area contributed by atoms with Crippen molar-refractivity contribution in [1.82, 2.24) is 0 Å². The van der Waals surface area contributed by atoms with Crippen LogP contribution in [0.2, 0.25) is 0 Å². The molecule has 2 N–H and O–H groups in total. The van der Waals surface area contributed by atoms with Crippen LogP contribution < -0.4 is 10.6 Å². The molecule has 2 amide bonds. The molecular weight excluding hydrogens is 408 g/mol. The molecule has 0 fully saturated rings. The summed E-state index contributed by atoms with van der Waals surface area (Å²) < 4.78 is 25.5. The lowest BCUT2D eigenvalue weighted by molar-refractivity contribution is -0.118. The minimum absolute atomic E-state index is 0.103. The standard InChI is InChI=1S/C21H24N2O4S2/c1-13-4-5-14(2)17(10-13)22-20(24)8-9-29(26,27)16-6-7-19-18(11-16)23-21(25)15(3)12-28-19/h4-7,10-11,15H,8-9,12H2,1-3H3,(H,22,24)(H,23,25)/t15-/m1/s1. The van der Waals surface area contributed by atoms with Crippen LogP contribution in [0.1, 0.15) is 24.5 Å². The van der Waals surface area contributed by atoms with Gasteiger partial charge in [-0.25, -0.2) is 8.42 Å². The number of thioether (sulfide) groups is 1. The maximum absolute atomic E-state index is 12.7. The van der Waals surface area contributed by atoms with E-state index in [4.69, 9.17) is 0 Å². The Morgan fingerprint density at radius 3 is 2.72 bits per heavy atom. The van der Waals surface area contributed by atoms with E-state index in [1.807, 2.05) is 39.0 Å². The quantitative estimate of drug-likeness (QED) is 0.750. The first-order chi connectivity index (χ1) is 13.7. The number of hydrogen-bond acceptors (Lipinski definition) is 5. The van der Waals surface area contributed by atoms with Crippen molar-refractivity contribution in [3.8, 4) is 0 Å². The largest absolute Gasteiger partial charge is 0.326 e. The van der Waals surface area contributed by atoms with Gasteiger partial charge in [0.15, 0.2) is 9.84 Å². The Morgan fingerprint density at radius 2 is 1.97 bits per heavy atom. The number of amides is 2. The van der Waals surface area contributed by atoms with Gasteiger partial charge in [0.2, 0.25) is 11.8 Å². The molecule has 0 aliphatic carbocycles. The molecule has 0 aromatic heterocycles. The minimum atomic E-state index is -3.66. The first-order valence-electron chi connectivity index (χ1n) is 9.33. The zero-order valence-electron chi connectivity index (χ0n) is 16.6. The lowest BCUT2D eigenvalue weighted by Crippen LogP contribution is -2.20. The van der Waals surface area contributed by atoms with E-state index in [1.54, 1.807) is 6.07 Å². The van der Waals surface area contributed by atoms with Gasteiger partial charge in [-0.3, -0.25) is 9.59 Å². The van der Waals surface area contributed by atoms with Gasteiger partial charge in [0.1, 0.15) is 0 Å². The second-order valence-corrected chi connectivity index (χ2v) is 10.5. The summed E-state index contributed by atoms with van der Waals surface area (Å²) in [5, 5.41) is 5.57. The Kier molecular flexibility index (Phi) is 6.33. The summed E-state index contributed by atoms with van der Waals surface area (Å²) in [7, 11) is -3.66. The molecule has 0 radical (unpaired) electrons. The number of hydrogen-bond donors (Lipinski definition) is 2. The maximum atomic E-state index is 12.7. The Bertz CT molecular complexity index is 1060. The van der Waals surface area contributed by atoms with Gasteiger partial charge < -0.3 is 10.6 Å². The third-order valence-corrected chi connectivity index (χ3v) is 7.82. The summed E-state index contributed by atoms with van der Waals surface area (Å²) in [5.74, 6) is -0.293. The van der Waals surface area contributed by atoms with Gasteiger partial charge in [-0.1, -0.05) is 19.1 Å². The van der Waals surface area contributed by atoms with Crippen LogP contribution in [0.25, 0.3) is 0 Å². The van der Waals surface area contributed by atoms with Crippen LogP contribution in [0.4, 0.5) is 11.4 Å². The van der Waals surface area contributed by atoms with Crippen molar-refractivity contribution in [2.24, 2.45) is 5.92 Å². The highest BCUT2D eigenvalue weighted by Gasteiger charge is 2.23. The molecule has 0 saturated carbocycles. The van der Waals surface area contributed by atoms with Gasteiger partial charge in [-0.05, 0) is 49.2 Å². The molecule has 0 unspecified atom stereocenters. The van der Waals surface area contributed by atoms with Crippen LogP contribution in [0, 0.1) is 19.8 Å². The van der Waals surface area contributed by atoms with E-state index in [9.17, 15) is 18.0 Å². The number of carbonyl (C=O) groups excluding carboxylic acids is 2. The summed E-state index contributed by atoms with van der Waals surface area (Å²) in [6, 6.07) is 10.4. The molecule has 8 heteroatoms. The molecular formula is C21H24N2O4S2. The van der Waals surface area contributed by atoms with Gasteiger partial charge in [0.05, 0.1) is 16.3 Å². The zero-order valence-corrected chi connectivity index (χ0v) is 18.2. The number of rotatable bonds is 5. The van der Waals surface area contributed by atoms with Crippen molar-refractivity contribution in [3.63, 3.8) is 0 Å². The average molecular weight is 433 g/mol. The summed E-state index contributed by atoms with van der Waals surface area (Å²) in [6.07, 6.45) is -0.148. The van der Waals surface area contributed by atoms with Crippen molar-refractivity contribution in [2.45, 2.75) is 37.0 Å². The van der Waals surface area contributed by atoms with E-state index < -0.39 is 9.84 Å². The monoisotopic (exact) mass is 432 g/mol. The predicted molar refractivity (Wildman–Crippen MR) is 116 cm³/mol. The summed E-state index contributed by atoms with van der Waals surface area (Å²) in [4.78, 5) is 25.3. The minimum Gasteiger partial charge on any atom is -0.326 e. The fourth-order valence-corrected chi connectivity index (χ4v) is 5.17. The first-order valence-corrected chi connectivity index (χ1v) is 12.0. The molecule has 1 heterocycles. The molecule has 1 atom stereocenters.